The zero-order valence-electron chi connectivity index (χ0n) is 8.77. The molecular formula is C13H14N2. The Kier molecular flexibility index (Phi) is 2.68. The third-order valence-corrected chi connectivity index (χ3v) is 2.42. The summed E-state index contributed by atoms with van der Waals surface area (Å²) in [5.41, 5.74) is 10.2. The van der Waals surface area contributed by atoms with Gasteiger partial charge in [-0.3, -0.25) is 4.98 Å². The molecule has 2 nitrogen and oxygen atoms in total. The van der Waals surface area contributed by atoms with E-state index in [4.69, 9.17) is 5.73 Å². The number of benzene rings is 1. The normalized spacial score (nSPS) is 10.2. The van der Waals surface area contributed by atoms with Gasteiger partial charge in [-0.2, -0.15) is 0 Å². The van der Waals surface area contributed by atoms with Gasteiger partial charge in [0.25, 0.3) is 0 Å². The number of aryl methyl sites for hydroxylation is 1. The van der Waals surface area contributed by atoms with Gasteiger partial charge in [0.2, 0.25) is 0 Å². The summed E-state index contributed by atoms with van der Waals surface area (Å²) in [5, 5.41) is 0. The summed E-state index contributed by atoms with van der Waals surface area (Å²) in [6, 6.07) is 10.1. The number of nitrogen functional groups attached to an aromatic ring is 1. The first-order chi connectivity index (χ1) is 7.29. The van der Waals surface area contributed by atoms with Crippen LogP contribution in [0.15, 0.2) is 42.7 Å². The van der Waals surface area contributed by atoms with E-state index in [1.54, 1.807) is 6.20 Å². The molecule has 1 heterocycles. The average Bonchev–Trinajstić information content (AvgIpc) is 2.29. The Morgan fingerprint density at radius 1 is 1.20 bits per heavy atom. The molecule has 0 bridgehead atoms. The third-order valence-electron chi connectivity index (χ3n) is 2.42. The van der Waals surface area contributed by atoms with Gasteiger partial charge in [-0.25, -0.2) is 0 Å². The first-order valence-corrected chi connectivity index (χ1v) is 5.09. The number of aromatic nitrogens is 1. The summed E-state index contributed by atoms with van der Waals surface area (Å²) < 4.78 is 0. The van der Waals surface area contributed by atoms with Crippen molar-refractivity contribution in [3.8, 4) is 11.1 Å². The van der Waals surface area contributed by atoms with Gasteiger partial charge in [0.05, 0.1) is 0 Å². The molecule has 0 aliphatic heterocycles. The van der Waals surface area contributed by atoms with Crippen LogP contribution in [-0.4, -0.2) is 4.98 Å². The van der Waals surface area contributed by atoms with Crippen LogP contribution >= 0.6 is 0 Å². The van der Waals surface area contributed by atoms with Gasteiger partial charge < -0.3 is 5.73 Å². The minimum atomic E-state index is 0.813. The first-order valence-electron chi connectivity index (χ1n) is 5.09. The molecule has 0 unspecified atom stereocenters. The van der Waals surface area contributed by atoms with Crippen LogP contribution in [0.5, 0.6) is 0 Å². The van der Waals surface area contributed by atoms with Crippen LogP contribution in [0.25, 0.3) is 11.1 Å². The van der Waals surface area contributed by atoms with Crippen LogP contribution in [0.2, 0.25) is 0 Å². The van der Waals surface area contributed by atoms with Gasteiger partial charge >= 0.3 is 0 Å². The van der Waals surface area contributed by atoms with E-state index < -0.39 is 0 Å². The Hall–Kier alpha value is -1.83. The molecule has 0 amide bonds. The number of pyridine rings is 1. The van der Waals surface area contributed by atoms with E-state index in [9.17, 15) is 0 Å². The molecule has 76 valence electrons. The fourth-order valence-electron chi connectivity index (χ4n) is 1.62. The second-order valence-corrected chi connectivity index (χ2v) is 3.56. The summed E-state index contributed by atoms with van der Waals surface area (Å²) >= 11 is 0. The zero-order valence-corrected chi connectivity index (χ0v) is 8.77. The molecular weight excluding hydrogens is 184 g/mol. The van der Waals surface area contributed by atoms with Crippen molar-refractivity contribution in [1.29, 1.82) is 0 Å². The molecule has 2 heteroatoms. The number of hydrogen-bond donors (Lipinski definition) is 1. The fourth-order valence-corrected chi connectivity index (χ4v) is 1.62. The van der Waals surface area contributed by atoms with Crippen molar-refractivity contribution in [2.24, 2.45) is 0 Å². The van der Waals surface area contributed by atoms with Crippen LogP contribution in [0, 0.1) is 0 Å². The molecule has 0 saturated carbocycles. The summed E-state index contributed by atoms with van der Waals surface area (Å²) in [4.78, 5) is 4.11. The van der Waals surface area contributed by atoms with Crippen LogP contribution in [-0.2, 0) is 6.42 Å². The van der Waals surface area contributed by atoms with E-state index in [-0.39, 0.29) is 0 Å². The number of nitrogens with zero attached hydrogens (tertiary/aromatic N) is 1. The maximum Gasteiger partial charge on any atom is 0.0346 e. The van der Waals surface area contributed by atoms with Gasteiger partial charge in [-0.1, -0.05) is 19.1 Å². The van der Waals surface area contributed by atoms with Gasteiger partial charge in [-0.05, 0) is 35.7 Å². The molecule has 1 aromatic heterocycles. The Labute approximate surface area is 89.8 Å². The quantitative estimate of drug-likeness (QED) is 0.753. The minimum absolute atomic E-state index is 0.813. The molecule has 0 saturated heterocycles. The van der Waals surface area contributed by atoms with Crippen molar-refractivity contribution in [3.63, 3.8) is 0 Å². The highest BCUT2D eigenvalue weighted by Gasteiger charge is 2.00. The van der Waals surface area contributed by atoms with E-state index in [1.807, 2.05) is 30.5 Å². The molecule has 0 aliphatic rings. The highest BCUT2D eigenvalue weighted by Crippen LogP contribution is 2.22. The molecule has 1 aromatic carbocycles. The smallest absolute Gasteiger partial charge is 0.0346 e. The van der Waals surface area contributed by atoms with Gasteiger partial charge in [0, 0.05) is 23.6 Å². The summed E-state index contributed by atoms with van der Waals surface area (Å²) in [6.07, 6.45) is 4.63. The lowest BCUT2D eigenvalue weighted by Gasteiger charge is -2.05. The molecule has 0 spiro atoms. The van der Waals surface area contributed by atoms with Crippen molar-refractivity contribution in [1.82, 2.24) is 4.98 Å². The predicted molar refractivity (Wildman–Crippen MR) is 63.5 cm³/mol. The zero-order chi connectivity index (χ0) is 10.7. The maximum atomic E-state index is 5.85. The molecule has 0 aliphatic carbocycles. The minimum Gasteiger partial charge on any atom is -0.399 e. The molecule has 2 N–H and O–H groups in total. The van der Waals surface area contributed by atoms with E-state index in [2.05, 4.69) is 18.0 Å². The van der Waals surface area contributed by atoms with Crippen molar-refractivity contribution in [2.75, 3.05) is 5.73 Å². The second-order valence-electron chi connectivity index (χ2n) is 3.56. The fraction of sp³-hybridized carbons (Fsp3) is 0.154. The Balaban J connectivity index is 2.49. The first kappa shape index (κ1) is 9.71. The van der Waals surface area contributed by atoms with Crippen LogP contribution in [0.3, 0.4) is 0 Å². The summed E-state index contributed by atoms with van der Waals surface area (Å²) in [6.45, 7) is 2.13. The largest absolute Gasteiger partial charge is 0.399 e. The number of hydrogen-bond acceptors (Lipinski definition) is 2. The van der Waals surface area contributed by atoms with E-state index in [0.717, 1.165) is 23.2 Å². The standard InChI is InChI=1S/C13H14N2/c1-2-10-6-12(8-13(14)7-10)11-4-3-5-15-9-11/h3-9H,2,14H2,1H3. The predicted octanol–water partition coefficient (Wildman–Crippen LogP) is 2.89. The van der Waals surface area contributed by atoms with Crippen molar-refractivity contribution in [3.05, 3.63) is 48.3 Å². The van der Waals surface area contributed by atoms with Crippen molar-refractivity contribution < 1.29 is 0 Å². The number of rotatable bonds is 2. The Bertz CT molecular complexity index is 449. The molecule has 2 aromatic rings. The Morgan fingerprint density at radius 2 is 2.07 bits per heavy atom. The lowest BCUT2D eigenvalue weighted by atomic mass is 10.0. The maximum absolute atomic E-state index is 5.85. The van der Waals surface area contributed by atoms with E-state index in [0.29, 0.717) is 0 Å². The highest BCUT2D eigenvalue weighted by molar-refractivity contribution is 5.67. The molecule has 15 heavy (non-hydrogen) atoms. The van der Waals surface area contributed by atoms with Gasteiger partial charge in [0.1, 0.15) is 0 Å². The number of nitrogens with two attached hydrogens (primary N) is 1. The molecule has 0 atom stereocenters. The lowest BCUT2D eigenvalue weighted by molar-refractivity contribution is 1.14. The second kappa shape index (κ2) is 4.13. The lowest BCUT2D eigenvalue weighted by Crippen LogP contribution is -1.90. The summed E-state index contributed by atoms with van der Waals surface area (Å²) in [7, 11) is 0. The van der Waals surface area contributed by atoms with Crippen LogP contribution < -0.4 is 5.73 Å². The Morgan fingerprint density at radius 3 is 2.73 bits per heavy atom. The number of anilines is 1. The van der Waals surface area contributed by atoms with Crippen molar-refractivity contribution >= 4 is 5.69 Å². The molecule has 0 radical (unpaired) electrons. The van der Waals surface area contributed by atoms with E-state index >= 15 is 0 Å². The molecule has 2 rings (SSSR count). The summed E-state index contributed by atoms with van der Waals surface area (Å²) in [5.74, 6) is 0. The van der Waals surface area contributed by atoms with E-state index in [1.165, 1.54) is 5.56 Å². The molecule has 0 fully saturated rings. The monoisotopic (exact) mass is 198 g/mol. The van der Waals surface area contributed by atoms with Gasteiger partial charge in [-0.15, -0.1) is 0 Å². The third kappa shape index (κ3) is 2.15. The van der Waals surface area contributed by atoms with Crippen LogP contribution in [0.1, 0.15) is 12.5 Å². The SMILES string of the molecule is CCc1cc(N)cc(-c2cccnc2)c1. The highest BCUT2D eigenvalue weighted by atomic mass is 14.6. The topological polar surface area (TPSA) is 38.9 Å². The van der Waals surface area contributed by atoms with Gasteiger partial charge in [0.15, 0.2) is 0 Å². The van der Waals surface area contributed by atoms with Crippen molar-refractivity contribution in [2.45, 2.75) is 13.3 Å². The average molecular weight is 198 g/mol. The van der Waals surface area contributed by atoms with Crippen LogP contribution in [0.4, 0.5) is 5.69 Å².